The van der Waals surface area contributed by atoms with Gasteiger partial charge in [-0.05, 0) is 87.4 Å². The molecule has 3 fully saturated rings. The van der Waals surface area contributed by atoms with Crippen molar-refractivity contribution >= 4 is 5.71 Å². The first-order valence-electron chi connectivity index (χ1n) is 12.0. The lowest BCUT2D eigenvalue weighted by Gasteiger charge is -2.56. The summed E-state index contributed by atoms with van der Waals surface area (Å²) in [6.07, 6.45) is 4.22. The van der Waals surface area contributed by atoms with Gasteiger partial charge in [-0.25, -0.2) is 0 Å². The van der Waals surface area contributed by atoms with Crippen LogP contribution in [-0.4, -0.2) is 21.6 Å². The maximum atomic E-state index is 11.2. The van der Waals surface area contributed by atoms with Gasteiger partial charge in [-0.15, -0.1) is 6.42 Å². The standard InChI is InChI=1S/C21H29NO2/c1-3-20-11-9-17-16-8-6-15(22-24)13-14(16)5-7-18(17)19(20)10-12-21(20,23)4-2/h2,13,16-19,23-24H,3,5-12H2,1H3/b22-15-/t16-,17+,18+,19-,20-,21-/m0/s1/i5D2,6D2,13D,16D. The van der Waals surface area contributed by atoms with E-state index >= 15 is 0 Å². The highest BCUT2D eigenvalue weighted by atomic mass is 16.4. The molecule has 0 bridgehead atoms. The smallest absolute Gasteiger partial charge is 0.131 e. The van der Waals surface area contributed by atoms with Crippen LogP contribution in [0.4, 0.5) is 0 Å². The van der Waals surface area contributed by atoms with E-state index in [1.54, 1.807) is 0 Å². The predicted octanol–water partition coefficient (Wildman–Crippen LogP) is 4.14. The molecule has 6 atom stereocenters. The van der Waals surface area contributed by atoms with Crippen LogP contribution in [0.5, 0.6) is 0 Å². The molecule has 0 aliphatic heterocycles. The van der Waals surface area contributed by atoms with E-state index in [2.05, 4.69) is 11.1 Å². The van der Waals surface area contributed by atoms with Gasteiger partial charge in [0.05, 0.1) is 7.08 Å². The molecule has 3 saturated carbocycles. The van der Waals surface area contributed by atoms with E-state index in [1.807, 2.05) is 6.92 Å². The summed E-state index contributed by atoms with van der Waals surface area (Å²) < 4.78 is 51.9. The first kappa shape index (κ1) is 10.7. The summed E-state index contributed by atoms with van der Waals surface area (Å²) in [6, 6.07) is -0.480. The lowest BCUT2D eigenvalue weighted by molar-refractivity contribution is -0.0989. The lowest BCUT2D eigenvalue weighted by atomic mass is 9.49. The molecule has 4 aliphatic rings. The molecular weight excluding hydrogens is 298 g/mol. The number of aliphatic hydroxyl groups is 1. The molecule has 0 amide bonds. The van der Waals surface area contributed by atoms with Gasteiger partial charge in [0.25, 0.3) is 0 Å². The van der Waals surface area contributed by atoms with Gasteiger partial charge in [0.1, 0.15) is 5.60 Å². The Morgan fingerprint density at radius 3 is 2.92 bits per heavy atom. The topological polar surface area (TPSA) is 52.8 Å². The van der Waals surface area contributed by atoms with Crippen molar-refractivity contribution in [1.82, 2.24) is 0 Å². The minimum absolute atomic E-state index is 0.0471. The average Bonchev–Trinajstić information content (AvgIpc) is 2.94. The molecule has 0 aromatic heterocycles. The molecule has 4 aliphatic carbocycles. The Morgan fingerprint density at radius 2 is 2.21 bits per heavy atom. The monoisotopic (exact) mass is 333 g/mol. The number of terminal acetylenes is 1. The van der Waals surface area contributed by atoms with Crippen molar-refractivity contribution < 1.29 is 18.5 Å². The normalized spacial score (nSPS) is 60.2. The second-order valence-electron chi connectivity index (χ2n) is 7.68. The number of allylic oxidation sites excluding steroid dienone is 2. The predicted molar refractivity (Wildman–Crippen MR) is 94.7 cm³/mol. The second kappa shape index (κ2) is 5.63. The Bertz CT molecular complexity index is 879. The molecule has 0 aromatic carbocycles. The Kier molecular flexibility index (Phi) is 2.50. The van der Waals surface area contributed by atoms with Crippen LogP contribution in [0.2, 0.25) is 0 Å². The van der Waals surface area contributed by atoms with Crippen molar-refractivity contribution in [2.45, 2.75) is 70.2 Å². The van der Waals surface area contributed by atoms with Gasteiger partial charge in [-0.3, -0.25) is 0 Å². The van der Waals surface area contributed by atoms with Crippen LogP contribution in [0.3, 0.4) is 0 Å². The van der Waals surface area contributed by atoms with Crippen molar-refractivity contribution in [2.24, 2.45) is 34.2 Å². The summed E-state index contributed by atoms with van der Waals surface area (Å²) in [7, 11) is 0. The molecule has 2 N–H and O–H groups in total. The molecule has 0 aromatic rings. The van der Waals surface area contributed by atoms with Crippen LogP contribution in [0, 0.1) is 41.4 Å². The van der Waals surface area contributed by atoms with Gasteiger partial charge in [-0.1, -0.05) is 23.6 Å². The van der Waals surface area contributed by atoms with Gasteiger partial charge >= 0.3 is 0 Å². The molecule has 3 heteroatoms. The minimum Gasteiger partial charge on any atom is -0.411 e. The summed E-state index contributed by atoms with van der Waals surface area (Å²) in [5, 5.41) is 23.5. The van der Waals surface area contributed by atoms with Crippen LogP contribution >= 0.6 is 0 Å². The van der Waals surface area contributed by atoms with Crippen LogP contribution < -0.4 is 0 Å². The summed E-state index contributed by atoms with van der Waals surface area (Å²) in [6.45, 7) is 2.01. The van der Waals surface area contributed by atoms with E-state index < -0.39 is 41.4 Å². The molecule has 0 saturated heterocycles. The maximum absolute atomic E-state index is 11.2. The minimum atomic E-state index is -2.19. The molecule has 24 heavy (non-hydrogen) atoms. The zero-order chi connectivity index (χ0) is 22.3. The van der Waals surface area contributed by atoms with Gasteiger partial charge in [0.15, 0.2) is 0 Å². The van der Waals surface area contributed by atoms with Crippen LogP contribution in [0.25, 0.3) is 0 Å². The Morgan fingerprint density at radius 1 is 1.38 bits per heavy atom. The number of fused-ring (bicyclic) bond motifs is 5. The lowest BCUT2D eigenvalue weighted by Crippen LogP contribution is -2.53. The van der Waals surface area contributed by atoms with Crippen molar-refractivity contribution in [3.63, 3.8) is 0 Å². The fourth-order valence-corrected chi connectivity index (χ4v) is 6.05. The Hall–Kier alpha value is -1.27. The maximum Gasteiger partial charge on any atom is 0.131 e. The highest BCUT2D eigenvalue weighted by Crippen LogP contribution is 2.66. The van der Waals surface area contributed by atoms with Crippen molar-refractivity contribution in [1.29, 1.82) is 0 Å². The zero-order valence-corrected chi connectivity index (χ0v) is 14.1. The third kappa shape index (κ3) is 1.99. The van der Waals surface area contributed by atoms with Crippen molar-refractivity contribution in [2.75, 3.05) is 0 Å². The third-order valence-electron chi connectivity index (χ3n) is 7.23. The first-order chi connectivity index (χ1) is 13.8. The molecule has 0 heterocycles. The molecule has 4 rings (SSSR count). The molecule has 0 radical (unpaired) electrons. The number of hydrogen-bond acceptors (Lipinski definition) is 3. The molecule has 130 valence electrons. The summed E-state index contributed by atoms with van der Waals surface area (Å²) in [5.74, 6) is 0.408. The summed E-state index contributed by atoms with van der Waals surface area (Å²) in [4.78, 5) is 0. The highest BCUT2D eigenvalue weighted by molar-refractivity contribution is 5.96. The number of nitrogens with zero attached hydrogens (tertiary/aromatic N) is 1. The van der Waals surface area contributed by atoms with Gasteiger partial charge in [-0.2, -0.15) is 0 Å². The van der Waals surface area contributed by atoms with Crippen LogP contribution in [0.1, 0.15) is 72.8 Å². The third-order valence-corrected chi connectivity index (χ3v) is 7.23. The van der Waals surface area contributed by atoms with Crippen molar-refractivity contribution in [3.8, 4) is 12.3 Å². The van der Waals surface area contributed by atoms with E-state index in [9.17, 15) is 11.7 Å². The largest absolute Gasteiger partial charge is 0.411 e. The van der Waals surface area contributed by atoms with Crippen LogP contribution in [0.15, 0.2) is 16.8 Å². The van der Waals surface area contributed by atoms with Gasteiger partial charge < -0.3 is 10.3 Å². The quantitative estimate of drug-likeness (QED) is 0.430. The number of rotatable bonds is 1. The van der Waals surface area contributed by atoms with E-state index in [0.29, 0.717) is 32.1 Å². The number of hydrogen-bond donors (Lipinski definition) is 2. The average molecular weight is 334 g/mol. The molecule has 0 unspecified atom stereocenters. The zero-order valence-electron chi connectivity index (χ0n) is 20.1. The summed E-state index contributed by atoms with van der Waals surface area (Å²) in [5.41, 5.74) is -2.32. The van der Waals surface area contributed by atoms with E-state index in [4.69, 9.17) is 13.3 Å². The first-order valence-corrected chi connectivity index (χ1v) is 8.98. The molecular formula is C21H29NO2. The number of oxime groups is 1. The SMILES string of the molecule is [2H]C1=C2C([2H])([2H])C[C@H]3[C@@H]4CC[C@@](O)(C#C)[C@@]4(CC)CC[C@@H]3[C@@]2([2H])CC([2H])([2H])/C1=N/O. The molecule has 0 spiro atoms. The second-order valence-corrected chi connectivity index (χ2v) is 7.68. The van der Waals surface area contributed by atoms with E-state index in [0.717, 1.165) is 0 Å². The fourth-order valence-electron chi connectivity index (χ4n) is 6.05. The van der Waals surface area contributed by atoms with Crippen molar-refractivity contribution in [3.05, 3.63) is 11.6 Å². The van der Waals surface area contributed by atoms with E-state index in [1.165, 1.54) is 0 Å². The summed E-state index contributed by atoms with van der Waals surface area (Å²) >= 11 is 0. The van der Waals surface area contributed by atoms with Crippen LogP contribution in [-0.2, 0) is 0 Å². The Balaban J connectivity index is 1.87. The molecule has 3 nitrogen and oxygen atoms in total. The van der Waals surface area contributed by atoms with E-state index in [-0.39, 0.29) is 36.2 Å². The fraction of sp³-hybridized carbons (Fsp3) is 0.762. The Labute approximate surface area is 153 Å². The van der Waals surface area contributed by atoms with Gasteiger partial charge in [0.2, 0.25) is 0 Å². The van der Waals surface area contributed by atoms with Gasteiger partial charge in [0, 0.05) is 12.3 Å². The highest BCUT2D eigenvalue weighted by Gasteiger charge is 2.63.